The van der Waals surface area contributed by atoms with Crippen LogP contribution in [0.2, 0.25) is 0 Å². The molecule has 10 aromatic rings. The van der Waals surface area contributed by atoms with Gasteiger partial charge in [-0.25, -0.2) is 9.97 Å². The first-order valence-electron chi connectivity index (χ1n) is 16.8. The highest BCUT2D eigenvalue weighted by atomic mass is 16.3. The van der Waals surface area contributed by atoms with Crippen LogP contribution in [0.15, 0.2) is 180 Å². The van der Waals surface area contributed by atoms with E-state index < -0.39 is 0 Å². The molecule has 50 heavy (non-hydrogen) atoms. The molecule has 0 unspecified atom stereocenters. The maximum atomic E-state index is 6.76. The average molecular weight is 640 g/mol. The van der Waals surface area contributed by atoms with Crippen LogP contribution in [0.5, 0.6) is 0 Å². The largest absolute Gasteiger partial charge is 0.455 e. The zero-order valence-corrected chi connectivity index (χ0v) is 27.0. The SMILES string of the molecule is c1ccc(-c2cc(-c3ccccc3)nc(-c3cccc(-c4c(-n5c6ccccc6c6ccccc65)ccc5c4oc4ccccc45)c3)n2)cc1. The molecule has 4 nitrogen and oxygen atoms in total. The molecule has 0 radical (unpaired) electrons. The molecule has 0 fully saturated rings. The van der Waals surface area contributed by atoms with Crippen molar-refractivity contribution in [2.75, 3.05) is 0 Å². The third-order valence-electron chi connectivity index (χ3n) is 9.62. The Hall–Kier alpha value is -6.78. The standard InChI is InChI=1S/C46H29N3O/c1-3-14-30(15-4-1)38-29-39(31-16-5-2-6-17-31)48-46(47-38)33-19-13-18-32(28-33)44-42(27-26-37-36-22-9-12-25-43(36)50-45(37)44)49-40-23-10-7-20-34(40)35-21-8-11-24-41(35)49/h1-29H. The topological polar surface area (TPSA) is 43.9 Å². The van der Waals surface area contributed by atoms with Gasteiger partial charge >= 0.3 is 0 Å². The molecule has 0 aliphatic carbocycles. The monoisotopic (exact) mass is 639 g/mol. The molecule has 7 aromatic carbocycles. The van der Waals surface area contributed by atoms with Gasteiger partial charge in [-0.1, -0.05) is 133 Å². The molecule has 0 bridgehead atoms. The highest BCUT2D eigenvalue weighted by Crippen LogP contribution is 2.43. The number of rotatable bonds is 5. The first kappa shape index (κ1) is 28.3. The van der Waals surface area contributed by atoms with E-state index >= 15 is 0 Å². The van der Waals surface area contributed by atoms with Gasteiger partial charge < -0.3 is 8.98 Å². The number of furan rings is 1. The lowest BCUT2D eigenvalue weighted by Crippen LogP contribution is -1.99. The van der Waals surface area contributed by atoms with Gasteiger partial charge in [0.1, 0.15) is 11.2 Å². The molecule has 4 heteroatoms. The molecule has 10 rings (SSSR count). The fourth-order valence-electron chi connectivity index (χ4n) is 7.33. The predicted octanol–water partition coefficient (Wildman–Crippen LogP) is 12.1. The maximum Gasteiger partial charge on any atom is 0.160 e. The fraction of sp³-hybridized carbons (Fsp3) is 0. The van der Waals surface area contributed by atoms with Gasteiger partial charge in [0, 0.05) is 43.8 Å². The molecule has 234 valence electrons. The minimum Gasteiger partial charge on any atom is -0.455 e. The molecular weight excluding hydrogens is 611 g/mol. The van der Waals surface area contributed by atoms with Crippen LogP contribution in [0.1, 0.15) is 0 Å². The zero-order valence-electron chi connectivity index (χ0n) is 27.0. The van der Waals surface area contributed by atoms with Gasteiger partial charge in [0.25, 0.3) is 0 Å². The second-order valence-corrected chi connectivity index (χ2v) is 12.6. The van der Waals surface area contributed by atoms with E-state index in [9.17, 15) is 0 Å². The Morgan fingerprint density at radius 2 is 0.940 bits per heavy atom. The van der Waals surface area contributed by atoms with E-state index in [-0.39, 0.29) is 0 Å². The summed E-state index contributed by atoms with van der Waals surface area (Å²) in [5, 5.41) is 4.61. The van der Waals surface area contributed by atoms with Gasteiger partial charge in [-0.05, 0) is 48.0 Å². The molecule has 0 saturated carbocycles. The normalized spacial score (nSPS) is 11.6. The van der Waals surface area contributed by atoms with Crippen molar-refractivity contribution in [2.45, 2.75) is 0 Å². The molecule has 0 amide bonds. The van der Waals surface area contributed by atoms with Gasteiger partial charge in [0.15, 0.2) is 5.82 Å². The number of para-hydroxylation sites is 3. The van der Waals surface area contributed by atoms with Crippen LogP contribution < -0.4 is 0 Å². The second-order valence-electron chi connectivity index (χ2n) is 12.6. The maximum absolute atomic E-state index is 6.76. The van der Waals surface area contributed by atoms with Crippen molar-refractivity contribution in [2.24, 2.45) is 0 Å². The highest BCUT2D eigenvalue weighted by Gasteiger charge is 2.21. The minimum atomic E-state index is 0.669. The first-order valence-corrected chi connectivity index (χ1v) is 16.8. The quantitative estimate of drug-likeness (QED) is 0.188. The lowest BCUT2D eigenvalue weighted by Gasteiger charge is -2.16. The summed E-state index contributed by atoms with van der Waals surface area (Å²) >= 11 is 0. The van der Waals surface area contributed by atoms with E-state index in [1.807, 2.05) is 48.5 Å². The van der Waals surface area contributed by atoms with E-state index in [4.69, 9.17) is 14.4 Å². The summed E-state index contributed by atoms with van der Waals surface area (Å²) in [6.45, 7) is 0. The number of aromatic nitrogens is 3. The van der Waals surface area contributed by atoms with Gasteiger partial charge in [0.05, 0.1) is 28.1 Å². The second kappa shape index (κ2) is 11.4. The molecule has 0 saturated heterocycles. The van der Waals surface area contributed by atoms with Crippen molar-refractivity contribution in [3.05, 3.63) is 176 Å². The molecule has 0 aliphatic heterocycles. The Kier molecular flexibility index (Phi) is 6.46. The smallest absolute Gasteiger partial charge is 0.160 e. The molecule has 0 spiro atoms. The van der Waals surface area contributed by atoms with Crippen molar-refractivity contribution >= 4 is 43.7 Å². The number of hydrogen-bond donors (Lipinski definition) is 0. The average Bonchev–Trinajstić information content (AvgIpc) is 3.74. The van der Waals surface area contributed by atoms with Crippen molar-refractivity contribution < 1.29 is 4.42 Å². The highest BCUT2D eigenvalue weighted by molar-refractivity contribution is 6.14. The third-order valence-corrected chi connectivity index (χ3v) is 9.62. The molecule has 0 aliphatic rings. The van der Waals surface area contributed by atoms with Crippen LogP contribution in [0.4, 0.5) is 0 Å². The van der Waals surface area contributed by atoms with Crippen LogP contribution in [0.3, 0.4) is 0 Å². The molecule has 0 N–H and O–H groups in total. The lowest BCUT2D eigenvalue weighted by atomic mass is 9.97. The summed E-state index contributed by atoms with van der Waals surface area (Å²) in [4.78, 5) is 10.3. The zero-order chi connectivity index (χ0) is 33.0. The van der Waals surface area contributed by atoms with Crippen molar-refractivity contribution in [1.29, 1.82) is 0 Å². The summed E-state index contributed by atoms with van der Waals surface area (Å²) in [5.74, 6) is 0.669. The van der Waals surface area contributed by atoms with Gasteiger partial charge in [-0.2, -0.15) is 0 Å². The fourth-order valence-corrected chi connectivity index (χ4v) is 7.33. The van der Waals surface area contributed by atoms with E-state index in [0.717, 1.165) is 77.9 Å². The number of benzene rings is 7. The van der Waals surface area contributed by atoms with Gasteiger partial charge in [-0.3, -0.25) is 0 Å². The Morgan fingerprint density at radius 3 is 1.60 bits per heavy atom. The van der Waals surface area contributed by atoms with Crippen LogP contribution in [0.25, 0.3) is 94.5 Å². The van der Waals surface area contributed by atoms with Crippen LogP contribution in [-0.4, -0.2) is 14.5 Å². The van der Waals surface area contributed by atoms with Crippen molar-refractivity contribution in [3.8, 4) is 50.7 Å². The lowest BCUT2D eigenvalue weighted by molar-refractivity contribution is 0.670. The Morgan fingerprint density at radius 1 is 0.400 bits per heavy atom. The summed E-state index contributed by atoms with van der Waals surface area (Å²) < 4.78 is 9.13. The van der Waals surface area contributed by atoms with Gasteiger partial charge in [0.2, 0.25) is 0 Å². The van der Waals surface area contributed by atoms with Crippen LogP contribution in [-0.2, 0) is 0 Å². The van der Waals surface area contributed by atoms with Crippen molar-refractivity contribution in [3.63, 3.8) is 0 Å². The predicted molar refractivity (Wildman–Crippen MR) is 205 cm³/mol. The van der Waals surface area contributed by atoms with E-state index in [0.29, 0.717) is 5.82 Å². The number of hydrogen-bond acceptors (Lipinski definition) is 3. The first-order chi connectivity index (χ1) is 24.8. The third kappa shape index (κ3) is 4.54. The summed E-state index contributed by atoms with van der Waals surface area (Å²) in [7, 11) is 0. The van der Waals surface area contributed by atoms with E-state index in [1.165, 1.54) is 10.8 Å². The molecule has 3 heterocycles. The summed E-state index contributed by atoms with van der Waals surface area (Å²) in [5.41, 5.74) is 11.9. The Labute approximate surface area is 288 Å². The molecule has 3 aromatic heterocycles. The van der Waals surface area contributed by atoms with E-state index in [1.54, 1.807) is 0 Å². The minimum absolute atomic E-state index is 0.669. The Bertz CT molecular complexity index is 2760. The molecular formula is C46H29N3O. The number of fused-ring (bicyclic) bond motifs is 6. The molecule has 0 atom stereocenters. The van der Waals surface area contributed by atoms with Crippen molar-refractivity contribution in [1.82, 2.24) is 14.5 Å². The Balaban J connectivity index is 1.25. The van der Waals surface area contributed by atoms with Gasteiger partial charge in [-0.15, -0.1) is 0 Å². The van der Waals surface area contributed by atoms with Crippen LogP contribution >= 0.6 is 0 Å². The summed E-state index contributed by atoms with van der Waals surface area (Å²) in [6, 6.07) is 61.2. The summed E-state index contributed by atoms with van der Waals surface area (Å²) in [6.07, 6.45) is 0. The van der Waals surface area contributed by atoms with Crippen LogP contribution in [0, 0.1) is 0 Å². The number of nitrogens with zero attached hydrogens (tertiary/aromatic N) is 3. The van der Waals surface area contributed by atoms with E-state index in [2.05, 4.69) is 132 Å².